The van der Waals surface area contributed by atoms with Gasteiger partial charge in [-0.1, -0.05) is 6.07 Å². The van der Waals surface area contributed by atoms with Gasteiger partial charge in [0.2, 0.25) is 0 Å². The van der Waals surface area contributed by atoms with Gasteiger partial charge in [0, 0.05) is 18.0 Å². The quantitative estimate of drug-likeness (QED) is 0.707. The van der Waals surface area contributed by atoms with Gasteiger partial charge in [-0.2, -0.15) is 5.10 Å². The largest absolute Gasteiger partial charge is 0.276 e. The summed E-state index contributed by atoms with van der Waals surface area (Å²) < 4.78 is 1.67. The number of nitrogens with zero attached hydrogens (tertiary/aromatic N) is 2. The van der Waals surface area contributed by atoms with E-state index in [1.54, 1.807) is 35.3 Å². The Morgan fingerprint density at radius 1 is 1.36 bits per heavy atom. The summed E-state index contributed by atoms with van der Waals surface area (Å²) in [4.78, 5) is 10.9. The number of benzene rings is 1. The fraction of sp³-hybridized carbons (Fsp3) is 0. The molecule has 1 aromatic carbocycles. The minimum atomic E-state index is -0.459. The Bertz CT molecular complexity index is 451. The van der Waals surface area contributed by atoms with E-state index in [2.05, 4.69) is 5.10 Å². The van der Waals surface area contributed by atoms with E-state index in [1.807, 2.05) is 12.1 Å². The molecular weight excluding hydrogens is 200 g/mol. The molecule has 2 rings (SSSR count). The molecule has 1 aromatic heterocycles. The highest BCUT2D eigenvalue weighted by atomic mass is 35.5. The zero-order valence-electron chi connectivity index (χ0n) is 7.22. The predicted octanol–water partition coefficient (Wildman–Crippen LogP) is 2.25. The molecular formula is C10H7ClN2O. The molecule has 0 aliphatic heterocycles. The summed E-state index contributed by atoms with van der Waals surface area (Å²) in [7, 11) is 0. The second-order valence-electron chi connectivity index (χ2n) is 2.77. The average Bonchev–Trinajstić information content (AvgIpc) is 2.71. The normalized spacial score (nSPS) is 10.1. The van der Waals surface area contributed by atoms with E-state index in [9.17, 15) is 4.79 Å². The molecule has 14 heavy (non-hydrogen) atoms. The van der Waals surface area contributed by atoms with Crippen molar-refractivity contribution in [1.29, 1.82) is 0 Å². The SMILES string of the molecule is O=C(Cl)c1cccc(-n2cccn2)c1. The molecule has 0 unspecified atom stereocenters. The van der Waals surface area contributed by atoms with Crippen LogP contribution in [0.4, 0.5) is 0 Å². The molecule has 70 valence electrons. The van der Waals surface area contributed by atoms with Gasteiger partial charge in [0.25, 0.3) is 5.24 Å². The molecule has 0 amide bonds. The summed E-state index contributed by atoms with van der Waals surface area (Å²) in [5.74, 6) is 0. The Balaban J connectivity index is 2.46. The number of rotatable bonds is 2. The third-order valence-electron chi connectivity index (χ3n) is 1.84. The average molecular weight is 207 g/mol. The minimum Gasteiger partial charge on any atom is -0.276 e. The van der Waals surface area contributed by atoms with Gasteiger partial charge in [0.1, 0.15) is 0 Å². The predicted molar refractivity (Wildman–Crippen MR) is 53.7 cm³/mol. The standard InChI is InChI=1S/C10H7ClN2O/c11-10(14)8-3-1-4-9(7-8)13-6-2-5-12-13/h1-7H. The Morgan fingerprint density at radius 2 is 2.21 bits per heavy atom. The lowest BCUT2D eigenvalue weighted by molar-refractivity contribution is 0.108. The van der Waals surface area contributed by atoms with Gasteiger partial charge in [-0.3, -0.25) is 4.79 Å². The molecule has 4 heteroatoms. The summed E-state index contributed by atoms with van der Waals surface area (Å²) in [5.41, 5.74) is 1.29. The molecule has 0 aliphatic rings. The monoisotopic (exact) mass is 206 g/mol. The van der Waals surface area contributed by atoms with E-state index < -0.39 is 5.24 Å². The van der Waals surface area contributed by atoms with Crippen molar-refractivity contribution >= 4 is 16.8 Å². The number of carbonyl (C=O) groups excluding carboxylic acids is 1. The third kappa shape index (κ3) is 1.67. The Morgan fingerprint density at radius 3 is 2.86 bits per heavy atom. The van der Waals surface area contributed by atoms with Crippen LogP contribution in [0.5, 0.6) is 0 Å². The van der Waals surface area contributed by atoms with Crippen LogP contribution in [0.1, 0.15) is 10.4 Å². The molecule has 0 aliphatic carbocycles. The van der Waals surface area contributed by atoms with Crippen LogP contribution in [0.3, 0.4) is 0 Å². The van der Waals surface area contributed by atoms with Crippen LogP contribution in [0.2, 0.25) is 0 Å². The van der Waals surface area contributed by atoms with Crippen LogP contribution in [-0.4, -0.2) is 15.0 Å². The van der Waals surface area contributed by atoms with Gasteiger partial charge >= 0.3 is 0 Å². The van der Waals surface area contributed by atoms with Crippen molar-refractivity contribution in [2.24, 2.45) is 0 Å². The molecule has 0 radical (unpaired) electrons. The highest BCUT2D eigenvalue weighted by Gasteiger charge is 2.03. The van der Waals surface area contributed by atoms with Gasteiger partial charge in [-0.25, -0.2) is 4.68 Å². The molecule has 0 fully saturated rings. The number of carbonyl (C=O) groups is 1. The van der Waals surface area contributed by atoms with Gasteiger partial charge < -0.3 is 0 Å². The second kappa shape index (κ2) is 3.64. The van der Waals surface area contributed by atoms with Crippen LogP contribution >= 0.6 is 11.6 Å². The molecule has 0 N–H and O–H groups in total. The molecule has 0 saturated heterocycles. The molecule has 0 spiro atoms. The minimum absolute atomic E-state index is 0.459. The summed E-state index contributed by atoms with van der Waals surface area (Å²) in [6.45, 7) is 0. The number of halogens is 1. The molecule has 0 atom stereocenters. The lowest BCUT2D eigenvalue weighted by Gasteiger charge is -2.01. The highest BCUT2D eigenvalue weighted by molar-refractivity contribution is 6.67. The first-order valence-corrected chi connectivity index (χ1v) is 4.45. The van der Waals surface area contributed by atoms with E-state index in [1.165, 1.54) is 0 Å². The Kier molecular flexibility index (Phi) is 2.33. The lowest BCUT2D eigenvalue weighted by Crippen LogP contribution is -1.96. The van der Waals surface area contributed by atoms with E-state index in [0.29, 0.717) is 5.56 Å². The maximum absolute atomic E-state index is 10.9. The van der Waals surface area contributed by atoms with E-state index in [0.717, 1.165) is 5.69 Å². The van der Waals surface area contributed by atoms with Crippen molar-refractivity contribution in [1.82, 2.24) is 9.78 Å². The second-order valence-corrected chi connectivity index (χ2v) is 3.12. The molecule has 0 bridgehead atoms. The summed E-state index contributed by atoms with van der Waals surface area (Å²) in [6, 6.07) is 8.81. The van der Waals surface area contributed by atoms with Crippen LogP contribution in [0.25, 0.3) is 5.69 Å². The van der Waals surface area contributed by atoms with Gasteiger partial charge in [0.15, 0.2) is 0 Å². The lowest BCUT2D eigenvalue weighted by atomic mass is 10.2. The van der Waals surface area contributed by atoms with E-state index >= 15 is 0 Å². The van der Waals surface area contributed by atoms with Gasteiger partial charge in [0.05, 0.1) is 5.69 Å². The number of aromatic nitrogens is 2. The van der Waals surface area contributed by atoms with Crippen LogP contribution in [0.15, 0.2) is 42.7 Å². The number of hydrogen-bond acceptors (Lipinski definition) is 2. The Hall–Kier alpha value is -1.61. The van der Waals surface area contributed by atoms with Crippen molar-refractivity contribution in [3.8, 4) is 5.69 Å². The third-order valence-corrected chi connectivity index (χ3v) is 2.06. The van der Waals surface area contributed by atoms with Crippen molar-refractivity contribution in [3.63, 3.8) is 0 Å². The van der Waals surface area contributed by atoms with Crippen LogP contribution < -0.4 is 0 Å². The van der Waals surface area contributed by atoms with Crippen molar-refractivity contribution in [2.75, 3.05) is 0 Å². The van der Waals surface area contributed by atoms with E-state index in [-0.39, 0.29) is 0 Å². The molecule has 3 nitrogen and oxygen atoms in total. The first-order valence-electron chi connectivity index (χ1n) is 4.07. The van der Waals surface area contributed by atoms with Crippen LogP contribution in [-0.2, 0) is 0 Å². The highest BCUT2D eigenvalue weighted by Crippen LogP contribution is 2.11. The van der Waals surface area contributed by atoms with Crippen molar-refractivity contribution in [3.05, 3.63) is 48.3 Å². The first kappa shape index (κ1) is 8.97. The van der Waals surface area contributed by atoms with Crippen LogP contribution in [0, 0.1) is 0 Å². The number of hydrogen-bond donors (Lipinski definition) is 0. The summed E-state index contributed by atoms with van der Waals surface area (Å²) in [6.07, 6.45) is 3.48. The van der Waals surface area contributed by atoms with Crippen molar-refractivity contribution in [2.45, 2.75) is 0 Å². The zero-order chi connectivity index (χ0) is 9.97. The Labute approximate surface area is 85.9 Å². The molecule has 0 saturated carbocycles. The van der Waals surface area contributed by atoms with Crippen molar-refractivity contribution < 1.29 is 4.79 Å². The maximum atomic E-state index is 10.9. The summed E-state index contributed by atoms with van der Waals surface area (Å²) >= 11 is 5.37. The zero-order valence-corrected chi connectivity index (χ0v) is 7.98. The fourth-order valence-electron chi connectivity index (χ4n) is 1.19. The topological polar surface area (TPSA) is 34.9 Å². The van der Waals surface area contributed by atoms with Gasteiger partial charge in [-0.15, -0.1) is 0 Å². The van der Waals surface area contributed by atoms with Gasteiger partial charge in [-0.05, 0) is 35.9 Å². The van der Waals surface area contributed by atoms with E-state index in [4.69, 9.17) is 11.6 Å². The maximum Gasteiger partial charge on any atom is 0.252 e. The first-order chi connectivity index (χ1) is 6.77. The fourth-order valence-corrected chi connectivity index (χ4v) is 1.31. The molecule has 1 heterocycles. The summed E-state index contributed by atoms with van der Waals surface area (Å²) in [5, 5.41) is 3.59. The smallest absolute Gasteiger partial charge is 0.252 e. The molecule has 2 aromatic rings.